The second-order valence-electron chi connectivity index (χ2n) is 7.82. The number of sulfonamides is 1. The summed E-state index contributed by atoms with van der Waals surface area (Å²) in [6.07, 6.45) is 0. The Hall–Kier alpha value is -2.79. The number of nitrogens with one attached hydrogen (secondary N) is 1. The Bertz CT molecular complexity index is 1440. The highest BCUT2D eigenvalue weighted by molar-refractivity contribution is 7.98. The molecule has 1 aromatic heterocycles. The summed E-state index contributed by atoms with van der Waals surface area (Å²) in [6.45, 7) is 3.55. The van der Waals surface area contributed by atoms with Crippen LogP contribution in [-0.4, -0.2) is 23.2 Å². The molecule has 4 rings (SSSR count). The zero-order valence-corrected chi connectivity index (χ0v) is 21.1. The molecule has 0 amide bonds. The van der Waals surface area contributed by atoms with Crippen LogP contribution in [0.1, 0.15) is 29.9 Å². The van der Waals surface area contributed by atoms with Gasteiger partial charge in [-0.15, -0.1) is 10.2 Å². The van der Waals surface area contributed by atoms with Gasteiger partial charge >= 0.3 is 0 Å². The van der Waals surface area contributed by atoms with Gasteiger partial charge in [0.15, 0.2) is 11.0 Å². The number of rotatable bonds is 8. The number of benzene rings is 3. The molecule has 6 nitrogen and oxygen atoms in total. The van der Waals surface area contributed by atoms with Crippen molar-refractivity contribution in [1.82, 2.24) is 19.5 Å². The zero-order valence-electron chi connectivity index (χ0n) is 18.7. The van der Waals surface area contributed by atoms with Crippen molar-refractivity contribution >= 4 is 33.4 Å². The van der Waals surface area contributed by atoms with E-state index in [1.165, 1.54) is 36.0 Å². The lowest BCUT2D eigenvalue weighted by atomic mass is 10.2. The lowest BCUT2D eigenvalue weighted by molar-refractivity contribution is 0.555. The Morgan fingerprint density at radius 2 is 1.63 bits per heavy atom. The van der Waals surface area contributed by atoms with E-state index in [0.717, 1.165) is 23.3 Å². The van der Waals surface area contributed by atoms with E-state index in [2.05, 4.69) is 14.9 Å². The van der Waals surface area contributed by atoms with E-state index in [4.69, 9.17) is 11.6 Å². The largest absolute Gasteiger partial charge is 0.272 e. The molecule has 11 heteroatoms. The fourth-order valence-corrected chi connectivity index (χ4v) is 5.68. The van der Waals surface area contributed by atoms with E-state index in [9.17, 15) is 17.2 Å². The van der Waals surface area contributed by atoms with Crippen LogP contribution in [0.3, 0.4) is 0 Å². The standard InChI is InChI=1S/C24H21ClF2N4O2S2/c1-15-3-6-18(25)13-22(15)31-23(16(2)30-35(32,33)21-11-9-20(27)10-12-21)28-29-24(31)34-14-17-4-7-19(26)8-5-17/h3-13,16,30H,14H2,1-2H3. The van der Waals surface area contributed by atoms with Gasteiger partial charge in [0, 0.05) is 10.8 Å². The normalized spacial score (nSPS) is 12.6. The van der Waals surface area contributed by atoms with Crippen LogP contribution in [0.5, 0.6) is 0 Å². The van der Waals surface area contributed by atoms with E-state index in [-0.39, 0.29) is 10.7 Å². The van der Waals surface area contributed by atoms with Crippen LogP contribution >= 0.6 is 23.4 Å². The highest BCUT2D eigenvalue weighted by Gasteiger charge is 2.25. The molecular formula is C24H21ClF2N4O2S2. The minimum Gasteiger partial charge on any atom is -0.272 e. The predicted octanol–water partition coefficient (Wildman–Crippen LogP) is 5.84. The first-order chi connectivity index (χ1) is 16.6. The van der Waals surface area contributed by atoms with Crippen molar-refractivity contribution < 1.29 is 17.2 Å². The van der Waals surface area contributed by atoms with Crippen molar-refractivity contribution in [3.63, 3.8) is 0 Å². The second-order valence-corrected chi connectivity index (χ2v) is 10.9. The Morgan fingerprint density at radius 1 is 1.00 bits per heavy atom. The number of hydrogen-bond acceptors (Lipinski definition) is 5. The third kappa shape index (κ3) is 5.90. The molecule has 0 saturated heterocycles. The minimum absolute atomic E-state index is 0.0679. The lowest BCUT2D eigenvalue weighted by Gasteiger charge is -2.18. The van der Waals surface area contributed by atoms with Crippen molar-refractivity contribution in [3.05, 3.63) is 100 Å². The highest BCUT2D eigenvalue weighted by atomic mass is 35.5. The Kier molecular flexibility index (Phi) is 7.56. The van der Waals surface area contributed by atoms with E-state index in [0.29, 0.717) is 27.4 Å². The summed E-state index contributed by atoms with van der Waals surface area (Å²) >= 11 is 7.64. The topological polar surface area (TPSA) is 76.9 Å². The average molecular weight is 535 g/mol. The van der Waals surface area contributed by atoms with Gasteiger partial charge in [-0.2, -0.15) is 0 Å². The molecule has 0 bridgehead atoms. The van der Waals surface area contributed by atoms with Crippen LogP contribution < -0.4 is 4.72 Å². The van der Waals surface area contributed by atoms with E-state index < -0.39 is 21.9 Å². The number of halogens is 3. The summed E-state index contributed by atoms with van der Waals surface area (Å²) < 4.78 is 56.7. The molecule has 182 valence electrons. The fraction of sp³-hybridized carbons (Fsp3) is 0.167. The number of aryl methyl sites for hydroxylation is 1. The molecule has 0 aliphatic carbocycles. The molecule has 1 N–H and O–H groups in total. The van der Waals surface area contributed by atoms with Crippen molar-refractivity contribution in [3.8, 4) is 5.69 Å². The molecule has 1 unspecified atom stereocenters. The third-order valence-electron chi connectivity index (χ3n) is 5.19. The predicted molar refractivity (Wildman–Crippen MR) is 132 cm³/mol. The molecule has 4 aromatic rings. The molecule has 3 aromatic carbocycles. The lowest BCUT2D eigenvalue weighted by Crippen LogP contribution is -2.29. The van der Waals surface area contributed by atoms with Gasteiger partial charge in [-0.05, 0) is 73.5 Å². The second kappa shape index (κ2) is 10.4. The van der Waals surface area contributed by atoms with Gasteiger partial charge in [-0.3, -0.25) is 4.57 Å². The molecule has 0 aliphatic heterocycles. The van der Waals surface area contributed by atoms with Gasteiger partial charge in [0.05, 0.1) is 16.6 Å². The van der Waals surface area contributed by atoms with E-state index >= 15 is 0 Å². The summed E-state index contributed by atoms with van der Waals surface area (Å²) in [6, 6.07) is 15.3. The number of aromatic nitrogens is 3. The van der Waals surface area contributed by atoms with Gasteiger partial charge in [-0.25, -0.2) is 21.9 Å². The zero-order chi connectivity index (χ0) is 25.2. The summed E-state index contributed by atoms with van der Waals surface area (Å²) in [5.74, 6) is -0.00654. The molecule has 0 fully saturated rings. The SMILES string of the molecule is Cc1ccc(Cl)cc1-n1c(SCc2ccc(F)cc2)nnc1C(C)NS(=O)(=O)c1ccc(F)cc1. The molecule has 0 radical (unpaired) electrons. The van der Waals surface area contributed by atoms with Crippen LogP contribution in [-0.2, 0) is 15.8 Å². The van der Waals surface area contributed by atoms with Crippen LogP contribution in [0, 0.1) is 18.6 Å². The summed E-state index contributed by atoms with van der Waals surface area (Å²) in [7, 11) is -3.96. The smallest absolute Gasteiger partial charge is 0.241 e. The molecule has 1 atom stereocenters. The van der Waals surface area contributed by atoms with Crippen molar-refractivity contribution in [2.24, 2.45) is 0 Å². The van der Waals surface area contributed by atoms with Crippen LogP contribution in [0.25, 0.3) is 5.69 Å². The monoisotopic (exact) mass is 534 g/mol. The summed E-state index contributed by atoms with van der Waals surface area (Å²) in [5, 5.41) is 9.60. The first-order valence-electron chi connectivity index (χ1n) is 10.5. The molecule has 35 heavy (non-hydrogen) atoms. The van der Waals surface area contributed by atoms with Crippen molar-refractivity contribution in [2.75, 3.05) is 0 Å². The van der Waals surface area contributed by atoms with Gasteiger partial charge in [-0.1, -0.05) is 41.6 Å². The molecule has 0 saturated carbocycles. The van der Waals surface area contributed by atoms with Crippen LogP contribution in [0.4, 0.5) is 8.78 Å². The first kappa shape index (κ1) is 25.3. The van der Waals surface area contributed by atoms with Gasteiger partial charge in [0.2, 0.25) is 10.0 Å². The third-order valence-corrected chi connectivity index (χ3v) is 7.99. The quantitative estimate of drug-likeness (QED) is 0.287. The molecule has 0 spiro atoms. The molecular weight excluding hydrogens is 514 g/mol. The van der Waals surface area contributed by atoms with E-state index in [1.807, 2.05) is 13.0 Å². The highest BCUT2D eigenvalue weighted by Crippen LogP contribution is 2.31. The Labute approximate surface area is 211 Å². The average Bonchev–Trinajstić information content (AvgIpc) is 3.24. The van der Waals surface area contributed by atoms with Crippen LogP contribution in [0.2, 0.25) is 5.02 Å². The Balaban J connectivity index is 1.70. The number of nitrogens with zero attached hydrogens (tertiary/aromatic N) is 3. The van der Waals surface area contributed by atoms with Gasteiger partial charge in [0.25, 0.3) is 0 Å². The maximum atomic E-state index is 13.3. The molecule has 0 aliphatic rings. The maximum absolute atomic E-state index is 13.3. The number of thioether (sulfide) groups is 1. The molecule has 1 heterocycles. The number of hydrogen-bond donors (Lipinski definition) is 1. The van der Waals surface area contributed by atoms with Crippen molar-refractivity contribution in [2.45, 2.75) is 35.7 Å². The van der Waals surface area contributed by atoms with Crippen molar-refractivity contribution in [1.29, 1.82) is 0 Å². The van der Waals surface area contributed by atoms with Crippen LogP contribution in [0.15, 0.2) is 76.8 Å². The summed E-state index contributed by atoms with van der Waals surface area (Å²) in [5.41, 5.74) is 2.47. The van der Waals surface area contributed by atoms with E-state index in [1.54, 1.807) is 35.8 Å². The van der Waals surface area contributed by atoms with Gasteiger partial charge < -0.3 is 0 Å². The Morgan fingerprint density at radius 3 is 2.29 bits per heavy atom. The first-order valence-corrected chi connectivity index (χ1v) is 13.4. The summed E-state index contributed by atoms with van der Waals surface area (Å²) in [4.78, 5) is -0.0679. The minimum atomic E-state index is -3.96. The van der Waals surface area contributed by atoms with Gasteiger partial charge in [0.1, 0.15) is 11.6 Å². The fourth-order valence-electron chi connectivity index (χ4n) is 3.40. The maximum Gasteiger partial charge on any atom is 0.241 e.